The predicted octanol–water partition coefficient (Wildman–Crippen LogP) is 3.66. The maximum atomic E-state index is 12.2. The minimum absolute atomic E-state index is 0.130. The number of nitrogens with zero attached hydrogens (tertiary/aromatic N) is 3. The largest absolute Gasteiger partial charge is 0.335 e. The number of anilines is 1. The maximum absolute atomic E-state index is 12.2. The number of benzene rings is 2. The summed E-state index contributed by atoms with van der Waals surface area (Å²) in [5.74, 6) is 6.60. The standard InChI is InChI=1S/C18H18ClN5OS/c1-11-6-7-15(12(2)8-11)21-16(25)10-26-18-23-22-17(24(18)20)13-4-3-5-14(19)9-13/h3-9H,10,20H2,1-2H3,(H,21,25). The first-order valence-electron chi connectivity index (χ1n) is 7.90. The highest BCUT2D eigenvalue weighted by Crippen LogP contribution is 2.24. The molecular formula is C18H18ClN5OS. The molecule has 0 atom stereocenters. The van der Waals surface area contributed by atoms with Crippen molar-refractivity contribution < 1.29 is 4.79 Å². The molecule has 3 aromatic rings. The third-order valence-electron chi connectivity index (χ3n) is 3.74. The number of hydrogen-bond donors (Lipinski definition) is 2. The number of nitrogens with one attached hydrogen (secondary N) is 1. The van der Waals surface area contributed by atoms with Gasteiger partial charge < -0.3 is 11.2 Å². The van der Waals surface area contributed by atoms with Crippen LogP contribution in [0.5, 0.6) is 0 Å². The molecule has 3 rings (SSSR count). The fraction of sp³-hybridized carbons (Fsp3) is 0.167. The Balaban J connectivity index is 1.66. The zero-order valence-corrected chi connectivity index (χ0v) is 15.9. The van der Waals surface area contributed by atoms with Crippen LogP contribution in [0.15, 0.2) is 47.6 Å². The fourth-order valence-electron chi connectivity index (χ4n) is 2.47. The molecule has 0 saturated carbocycles. The number of carbonyl (C=O) groups excluding carboxylic acids is 1. The van der Waals surface area contributed by atoms with Gasteiger partial charge in [0.15, 0.2) is 5.82 Å². The number of halogens is 1. The van der Waals surface area contributed by atoms with Gasteiger partial charge in [0, 0.05) is 16.3 Å². The SMILES string of the molecule is Cc1ccc(NC(=O)CSc2nnc(-c3cccc(Cl)c3)n2N)c(C)c1. The van der Waals surface area contributed by atoms with Crippen LogP contribution in [0.25, 0.3) is 11.4 Å². The minimum atomic E-state index is -0.130. The molecule has 8 heteroatoms. The van der Waals surface area contributed by atoms with Gasteiger partial charge >= 0.3 is 0 Å². The van der Waals surface area contributed by atoms with Crippen LogP contribution in [-0.2, 0) is 4.79 Å². The van der Waals surface area contributed by atoms with E-state index in [1.165, 1.54) is 16.4 Å². The molecule has 1 heterocycles. The van der Waals surface area contributed by atoms with E-state index < -0.39 is 0 Å². The van der Waals surface area contributed by atoms with Crippen LogP contribution in [-0.4, -0.2) is 26.5 Å². The summed E-state index contributed by atoms with van der Waals surface area (Å²) in [6, 6.07) is 13.1. The Morgan fingerprint density at radius 2 is 2.04 bits per heavy atom. The van der Waals surface area contributed by atoms with Crippen molar-refractivity contribution >= 4 is 35.0 Å². The summed E-state index contributed by atoms with van der Waals surface area (Å²) < 4.78 is 1.36. The van der Waals surface area contributed by atoms with Crippen molar-refractivity contribution in [2.45, 2.75) is 19.0 Å². The van der Waals surface area contributed by atoms with Gasteiger partial charge in [-0.15, -0.1) is 10.2 Å². The number of carbonyl (C=O) groups is 1. The molecule has 0 radical (unpaired) electrons. The number of rotatable bonds is 5. The highest BCUT2D eigenvalue weighted by molar-refractivity contribution is 7.99. The smallest absolute Gasteiger partial charge is 0.234 e. The second kappa shape index (κ2) is 7.80. The van der Waals surface area contributed by atoms with Crippen molar-refractivity contribution in [2.75, 3.05) is 16.9 Å². The summed E-state index contributed by atoms with van der Waals surface area (Å²) in [5, 5.41) is 12.1. The van der Waals surface area contributed by atoms with Crippen LogP contribution >= 0.6 is 23.4 Å². The number of amides is 1. The van der Waals surface area contributed by atoms with E-state index in [0.717, 1.165) is 22.4 Å². The summed E-state index contributed by atoms with van der Waals surface area (Å²) in [4.78, 5) is 12.2. The van der Waals surface area contributed by atoms with Gasteiger partial charge in [-0.3, -0.25) is 4.79 Å². The number of nitrogens with two attached hydrogens (primary N) is 1. The van der Waals surface area contributed by atoms with Gasteiger partial charge in [0.1, 0.15) is 0 Å². The Bertz CT molecular complexity index is 957. The topological polar surface area (TPSA) is 85.8 Å². The predicted molar refractivity (Wildman–Crippen MR) is 106 cm³/mol. The third kappa shape index (κ3) is 4.17. The Kier molecular flexibility index (Phi) is 5.49. The summed E-state index contributed by atoms with van der Waals surface area (Å²) in [7, 11) is 0. The molecule has 3 N–H and O–H groups in total. The molecule has 0 unspecified atom stereocenters. The lowest BCUT2D eigenvalue weighted by atomic mass is 10.1. The molecule has 26 heavy (non-hydrogen) atoms. The monoisotopic (exact) mass is 387 g/mol. The van der Waals surface area contributed by atoms with E-state index in [1.54, 1.807) is 12.1 Å². The lowest BCUT2D eigenvalue weighted by Crippen LogP contribution is -2.17. The lowest BCUT2D eigenvalue weighted by molar-refractivity contribution is -0.113. The fourth-order valence-corrected chi connectivity index (χ4v) is 3.32. The number of aromatic nitrogens is 3. The van der Waals surface area contributed by atoms with Gasteiger partial charge in [0.05, 0.1) is 5.75 Å². The van der Waals surface area contributed by atoms with E-state index in [2.05, 4.69) is 15.5 Å². The zero-order chi connectivity index (χ0) is 18.7. The van der Waals surface area contributed by atoms with Gasteiger partial charge in [0.2, 0.25) is 11.1 Å². The molecular weight excluding hydrogens is 370 g/mol. The number of aryl methyl sites for hydroxylation is 2. The summed E-state index contributed by atoms with van der Waals surface area (Å²) in [6.07, 6.45) is 0. The molecule has 1 amide bonds. The quantitative estimate of drug-likeness (QED) is 0.515. The van der Waals surface area contributed by atoms with Crippen molar-refractivity contribution in [3.8, 4) is 11.4 Å². The second-order valence-electron chi connectivity index (χ2n) is 5.84. The van der Waals surface area contributed by atoms with E-state index >= 15 is 0 Å². The number of thioether (sulfide) groups is 1. The first kappa shape index (κ1) is 18.3. The van der Waals surface area contributed by atoms with Crippen molar-refractivity contribution in [1.29, 1.82) is 0 Å². The molecule has 0 saturated heterocycles. The molecule has 0 aliphatic heterocycles. The molecule has 0 aliphatic carbocycles. The van der Waals surface area contributed by atoms with Crippen LogP contribution < -0.4 is 11.2 Å². The summed E-state index contributed by atoms with van der Waals surface area (Å²) in [6.45, 7) is 3.98. The average molecular weight is 388 g/mol. The lowest BCUT2D eigenvalue weighted by Gasteiger charge is -2.09. The molecule has 6 nitrogen and oxygen atoms in total. The van der Waals surface area contributed by atoms with E-state index in [4.69, 9.17) is 17.4 Å². The summed E-state index contributed by atoms with van der Waals surface area (Å²) in [5.41, 5.74) is 3.74. The molecule has 1 aromatic heterocycles. The van der Waals surface area contributed by atoms with Crippen molar-refractivity contribution in [2.24, 2.45) is 0 Å². The Hall–Kier alpha value is -2.51. The minimum Gasteiger partial charge on any atom is -0.335 e. The van der Waals surface area contributed by atoms with Crippen LogP contribution in [0.4, 0.5) is 5.69 Å². The van der Waals surface area contributed by atoms with Gasteiger partial charge in [0.25, 0.3) is 0 Å². The molecule has 2 aromatic carbocycles. The van der Waals surface area contributed by atoms with Gasteiger partial charge in [-0.2, -0.15) is 0 Å². The molecule has 0 fully saturated rings. The van der Waals surface area contributed by atoms with Crippen LogP contribution in [0.2, 0.25) is 5.02 Å². The third-order valence-corrected chi connectivity index (χ3v) is 4.91. The molecule has 0 aliphatic rings. The van der Waals surface area contributed by atoms with Crippen LogP contribution in [0, 0.1) is 13.8 Å². The van der Waals surface area contributed by atoms with Crippen molar-refractivity contribution in [1.82, 2.24) is 14.9 Å². The normalized spacial score (nSPS) is 10.7. The second-order valence-corrected chi connectivity index (χ2v) is 7.22. The summed E-state index contributed by atoms with van der Waals surface area (Å²) >= 11 is 7.22. The van der Waals surface area contributed by atoms with Gasteiger partial charge in [-0.1, -0.05) is 53.2 Å². The Morgan fingerprint density at radius 3 is 2.77 bits per heavy atom. The molecule has 134 valence electrons. The van der Waals surface area contributed by atoms with Gasteiger partial charge in [-0.25, -0.2) is 4.68 Å². The van der Waals surface area contributed by atoms with Crippen LogP contribution in [0.1, 0.15) is 11.1 Å². The molecule has 0 spiro atoms. The highest BCUT2D eigenvalue weighted by Gasteiger charge is 2.14. The van der Waals surface area contributed by atoms with E-state index in [9.17, 15) is 4.79 Å². The van der Waals surface area contributed by atoms with Crippen molar-refractivity contribution in [3.63, 3.8) is 0 Å². The average Bonchev–Trinajstić information content (AvgIpc) is 2.96. The van der Waals surface area contributed by atoms with Crippen LogP contribution in [0.3, 0.4) is 0 Å². The first-order chi connectivity index (χ1) is 12.4. The number of nitrogen functional groups attached to an aromatic ring is 1. The van der Waals surface area contributed by atoms with Crippen molar-refractivity contribution in [3.05, 3.63) is 58.6 Å². The zero-order valence-electron chi connectivity index (χ0n) is 14.4. The van der Waals surface area contributed by atoms with E-state index in [-0.39, 0.29) is 11.7 Å². The Morgan fingerprint density at radius 1 is 1.23 bits per heavy atom. The van der Waals surface area contributed by atoms with E-state index in [1.807, 2.05) is 44.2 Å². The van der Waals surface area contributed by atoms with E-state index in [0.29, 0.717) is 16.0 Å². The highest BCUT2D eigenvalue weighted by atomic mass is 35.5. The Labute approximate surface area is 160 Å². The van der Waals surface area contributed by atoms with Gasteiger partial charge in [-0.05, 0) is 37.6 Å². The molecule has 0 bridgehead atoms. The first-order valence-corrected chi connectivity index (χ1v) is 9.27. The maximum Gasteiger partial charge on any atom is 0.234 e. The number of hydrogen-bond acceptors (Lipinski definition) is 5.